The lowest BCUT2D eigenvalue weighted by atomic mass is 10.0. The van der Waals surface area contributed by atoms with E-state index in [-0.39, 0.29) is 0 Å². The molecule has 0 heterocycles. The van der Waals surface area contributed by atoms with Gasteiger partial charge in [-0.3, -0.25) is 0 Å². The molecule has 3 nitrogen and oxygen atoms in total. The summed E-state index contributed by atoms with van der Waals surface area (Å²) >= 11 is 0. The molecule has 0 aromatic rings. The van der Waals surface area contributed by atoms with Gasteiger partial charge in [-0.25, -0.2) is 0 Å². The maximum atomic E-state index is 9.11. The number of hydrogen-bond donors (Lipinski definition) is 3. The summed E-state index contributed by atoms with van der Waals surface area (Å²) in [6, 6.07) is 0. The lowest BCUT2D eigenvalue weighted by molar-refractivity contribution is -0.212. The van der Waals surface area contributed by atoms with Crippen molar-refractivity contribution in [1.82, 2.24) is 0 Å². The van der Waals surface area contributed by atoms with Crippen molar-refractivity contribution < 1.29 is 15.3 Å². The quantitative estimate of drug-likeness (QED) is 0.410. The lowest BCUT2D eigenvalue weighted by Gasteiger charge is -2.22. The van der Waals surface area contributed by atoms with Gasteiger partial charge in [0.15, 0.2) is 5.79 Å². The monoisotopic (exact) mass is 162 g/mol. The Labute approximate surface area is 67.7 Å². The lowest BCUT2D eigenvalue weighted by Crippen LogP contribution is -2.38. The highest BCUT2D eigenvalue weighted by Crippen LogP contribution is 2.12. The molecule has 0 aliphatic carbocycles. The predicted octanol–water partition coefficient (Wildman–Crippen LogP) is 0.628. The average Bonchev–Trinajstić information content (AvgIpc) is 1.86. The van der Waals surface area contributed by atoms with Crippen LogP contribution in [0.3, 0.4) is 0 Å². The SMILES string of the molecule is CCCCCC(O)C(C)(O)O. The number of hydrogen-bond acceptors (Lipinski definition) is 3. The first kappa shape index (κ1) is 10.9. The molecule has 0 amide bonds. The number of rotatable bonds is 5. The molecule has 1 atom stereocenters. The summed E-state index contributed by atoms with van der Waals surface area (Å²) in [7, 11) is 0. The molecule has 0 bridgehead atoms. The summed E-state index contributed by atoms with van der Waals surface area (Å²) in [6.07, 6.45) is 2.37. The van der Waals surface area contributed by atoms with E-state index in [1.807, 2.05) is 0 Å². The Morgan fingerprint density at radius 2 is 1.82 bits per heavy atom. The maximum absolute atomic E-state index is 9.11. The van der Waals surface area contributed by atoms with Gasteiger partial charge in [-0.2, -0.15) is 0 Å². The van der Waals surface area contributed by atoms with Crippen LogP contribution in [0.25, 0.3) is 0 Å². The first-order chi connectivity index (χ1) is 4.98. The summed E-state index contributed by atoms with van der Waals surface area (Å²) < 4.78 is 0. The van der Waals surface area contributed by atoms with Crippen LogP contribution in [0.15, 0.2) is 0 Å². The Balaban J connectivity index is 3.44. The second-order valence-corrected chi connectivity index (χ2v) is 3.11. The zero-order chi connectivity index (χ0) is 8.91. The van der Waals surface area contributed by atoms with Crippen molar-refractivity contribution in [3.63, 3.8) is 0 Å². The van der Waals surface area contributed by atoms with Gasteiger partial charge in [-0.1, -0.05) is 26.2 Å². The Morgan fingerprint density at radius 1 is 1.27 bits per heavy atom. The van der Waals surface area contributed by atoms with Gasteiger partial charge in [0.05, 0.1) is 0 Å². The van der Waals surface area contributed by atoms with Gasteiger partial charge in [-0.15, -0.1) is 0 Å². The third-order valence-electron chi connectivity index (χ3n) is 1.71. The molecule has 0 aromatic carbocycles. The molecule has 11 heavy (non-hydrogen) atoms. The summed E-state index contributed by atoms with van der Waals surface area (Å²) in [6.45, 7) is 3.26. The summed E-state index contributed by atoms with van der Waals surface area (Å²) in [5.74, 6) is -1.94. The molecule has 1 unspecified atom stereocenters. The van der Waals surface area contributed by atoms with E-state index in [1.165, 1.54) is 6.92 Å². The number of aliphatic hydroxyl groups excluding tert-OH is 1. The van der Waals surface area contributed by atoms with Crippen molar-refractivity contribution in [3.05, 3.63) is 0 Å². The second-order valence-electron chi connectivity index (χ2n) is 3.11. The summed E-state index contributed by atoms with van der Waals surface area (Å²) in [5, 5.41) is 26.9. The third kappa shape index (κ3) is 5.18. The second kappa shape index (κ2) is 4.70. The van der Waals surface area contributed by atoms with Gasteiger partial charge in [0, 0.05) is 0 Å². The summed E-state index contributed by atoms with van der Waals surface area (Å²) in [5.41, 5.74) is 0. The molecule has 3 heteroatoms. The van der Waals surface area contributed by atoms with Gasteiger partial charge in [0.2, 0.25) is 0 Å². The van der Waals surface area contributed by atoms with Crippen LogP contribution in [0.2, 0.25) is 0 Å². The van der Waals surface area contributed by atoms with Crippen LogP contribution in [-0.2, 0) is 0 Å². The predicted molar refractivity (Wildman–Crippen MR) is 43.0 cm³/mol. The topological polar surface area (TPSA) is 60.7 Å². The molecule has 0 aliphatic heterocycles. The first-order valence-electron chi connectivity index (χ1n) is 4.11. The molecule has 3 N–H and O–H groups in total. The molecule has 0 rings (SSSR count). The van der Waals surface area contributed by atoms with Gasteiger partial charge < -0.3 is 15.3 Å². The molecular weight excluding hydrogens is 144 g/mol. The van der Waals surface area contributed by atoms with E-state index in [0.29, 0.717) is 6.42 Å². The molecule has 0 radical (unpaired) electrons. The Hall–Kier alpha value is -0.120. The Morgan fingerprint density at radius 3 is 2.18 bits per heavy atom. The van der Waals surface area contributed by atoms with E-state index in [4.69, 9.17) is 15.3 Å². The average molecular weight is 162 g/mol. The number of unbranched alkanes of at least 4 members (excludes halogenated alkanes) is 2. The van der Waals surface area contributed by atoms with E-state index < -0.39 is 11.9 Å². The molecule has 0 fully saturated rings. The number of aliphatic hydroxyl groups is 3. The third-order valence-corrected chi connectivity index (χ3v) is 1.71. The molecule has 0 aromatic heterocycles. The standard InChI is InChI=1S/C8H18O3/c1-3-4-5-6-7(9)8(2,10)11/h7,9-11H,3-6H2,1-2H3. The zero-order valence-electron chi connectivity index (χ0n) is 7.25. The van der Waals surface area contributed by atoms with Crippen molar-refractivity contribution in [2.24, 2.45) is 0 Å². The molecule has 68 valence electrons. The van der Waals surface area contributed by atoms with E-state index in [1.54, 1.807) is 0 Å². The fraction of sp³-hybridized carbons (Fsp3) is 1.00. The van der Waals surface area contributed by atoms with Crippen LogP contribution in [0.5, 0.6) is 0 Å². The van der Waals surface area contributed by atoms with Crippen LogP contribution >= 0.6 is 0 Å². The van der Waals surface area contributed by atoms with Crippen LogP contribution in [0.4, 0.5) is 0 Å². The first-order valence-corrected chi connectivity index (χ1v) is 4.11. The molecule has 0 spiro atoms. The van der Waals surface area contributed by atoms with E-state index in [9.17, 15) is 0 Å². The molecule has 0 aliphatic rings. The van der Waals surface area contributed by atoms with Crippen LogP contribution in [0, 0.1) is 0 Å². The van der Waals surface area contributed by atoms with Crippen LogP contribution in [-0.4, -0.2) is 27.2 Å². The highest BCUT2D eigenvalue weighted by Gasteiger charge is 2.25. The summed E-state index contributed by atoms with van der Waals surface area (Å²) in [4.78, 5) is 0. The van der Waals surface area contributed by atoms with Crippen molar-refractivity contribution in [1.29, 1.82) is 0 Å². The van der Waals surface area contributed by atoms with Crippen molar-refractivity contribution in [2.75, 3.05) is 0 Å². The molecule has 0 saturated heterocycles. The van der Waals surface area contributed by atoms with Crippen molar-refractivity contribution >= 4 is 0 Å². The fourth-order valence-electron chi connectivity index (χ4n) is 0.861. The minimum Gasteiger partial charge on any atom is -0.388 e. The highest BCUT2D eigenvalue weighted by atomic mass is 16.5. The minimum atomic E-state index is -1.94. The zero-order valence-corrected chi connectivity index (χ0v) is 7.25. The van der Waals surface area contributed by atoms with Crippen LogP contribution in [0.1, 0.15) is 39.5 Å². The smallest absolute Gasteiger partial charge is 0.186 e. The van der Waals surface area contributed by atoms with Gasteiger partial charge in [0.1, 0.15) is 6.10 Å². The largest absolute Gasteiger partial charge is 0.388 e. The van der Waals surface area contributed by atoms with Gasteiger partial charge in [0.25, 0.3) is 0 Å². The van der Waals surface area contributed by atoms with Crippen molar-refractivity contribution in [3.8, 4) is 0 Å². The Kier molecular flexibility index (Phi) is 4.65. The molecular formula is C8H18O3. The van der Waals surface area contributed by atoms with E-state index in [2.05, 4.69) is 6.92 Å². The highest BCUT2D eigenvalue weighted by molar-refractivity contribution is 4.68. The van der Waals surface area contributed by atoms with Gasteiger partial charge in [-0.05, 0) is 13.3 Å². The van der Waals surface area contributed by atoms with E-state index in [0.717, 1.165) is 19.3 Å². The normalized spacial score (nSPS) is 15.0. The van der Waals surface area contributed by atoms with Crippen LogP contribution < -0.4 is 0 Å². The Bertz CT molecular complexity index is 96.0. The van der Waals surface area contributed by atoms with Gasteiger partial charge >= 0.3 is 0 Å². The minimum absolute atomic E-state index is 0.456. The fourth-order valence-corrected chi connectivity index (χ4v) is 0.861. The van der Waals surface area contributed by atoms with E-state index >= 15 is 0 Å². The molecule has 0 saturated carbocycles. The maximum Gasteiger partial charge on any atom is 0.186 e. The van der Waals surface area contributed by atoms with Crippen molar-refractivity contribution in [2.45, 2.75) is 51.4 Å².